The van der Waals surface area contributed by atoms with E-state index in [1.54, 1.807) is 27.9 Å². The van der Waals surface area contributed by atoms with Gasteiger partial charge in [0.15, 0.2) is 0 Å². The molecule has 2 aliphatic carbocycles. The number of unbranched alkanes of at least 4 members (excludes halogenated alkanes) is 2. The minimum atomic E-state index is -2.00. The van der Waals surface area contributed by atoms with Crippen LogP contribution in [-0.4, -0.2) is 5.43 Å². The molecule has 4 rings (SSSR count). The molecule has 178 valence electrons. The second-order valence-electron chi connectivity index (χ2n) is 10.3. The summed E-state index contributed by atoms with van der Waals surface area (Å²) in [4.78, 5) is 0. The Morgan fingerprint density at radius 2 is 1.29 bits per heavy atom. The summed E-state index contributed by atoms with van der Waals surface area (Å²) in [6, 6.07) is 23.7. The molecule has 0 saturated carbocycles. The van der Waals surface area contributed by atoms with E-state index >= 15 is 0 Å². The predicted molar refractivity (Wildman–Crippen MR) is 148 cm³/mol. The van der Waals surface area contributed by atoms with E-state index in [4.69, 9.17) is 0 Å². The Labute approximate surface area is 216 Å². The molecule has 2 heteroatoms. The molecule has 34 heavy (non-hydrogen) atoms. The molecule has 0 aliphatic heterocycles. The van der Waals surface area contributed by atoms with Gasteiger partial charge in [-0.1, -0.05) is 0 Å². The first-order valence-corrected chi connectivity index (χ1v) is 21.9. The third-order valence-electron chi connectivity index (χ3n) is 8.33. The van der Waals surface area contributed by atoms with Gasteiger partial charge in [-0.3, -0.25) is 0 Å². The van der Waals surface area contributed by atoms with Gasteiger partial charge in [-0.2, -0.15) is 0 Å². The standard InChI is InChI=1S/C15H11.C9H13.C8H18Si.Zr/c1-2-6-12(7-3-1)15-11-10-13-8-4-5-9-14(13)15;1-6-5-7(2)9(4)8(6)3;1-3-5-7-9-8-6-4-2;/h1-11H;5H,1-4H3;3-8H2,1-2H3;. The quantitative estimate of drug-likeness (QED) is 0.275. The van der Waals surface area contributed by atoms with Gasteiger partial charge < -0.3 is 0 Å². The molecule has 2 aromatic carbocycles. The summed E-state index contributed by atoms with van der Waals surface area (Å²) in [7, 11) is 0. The first kappa shape index (κ1) is 25.8. The second-order valence-corrected chi connectivity index (χ2v) is 26.3. The van der Waals surface area contributed by atoms with E-state index < -0.39 is 20.4 Å². The minimum absolute atomic E-state index is 0.348. The maximum absolute atomic E-state index is 2.76. The van der Waals surface area contributed by atoms with Gasteiger partial charge in [0.1, 0.15) is 0 Å². The molecule has 0 spiro atoms. The van der Waals surface area contributed by atoms with Crippen LogP contribution in [0, 0.1) is 0 Å². The van der Waals surface area contributed by atoms with E-state index in [9.17, 15) is 0 Å². The molecule has 0 fully saturated rings. The third kappa shape index (κ3) is 5.01. The summed E-state index contributed by atoms with van der Waals surface area (Å²) in [6.07, 6.45) is 8.32. The normalized spacial score (nSPS) is 17.9. The van der Waals surface area contributed by atoms with Crippen LogP contribution in [0.25, 0.3) is 5.57 Å². The van der Waals surface area contributed by atoms with Crippen LogP contribution >= 0.6 is 0 Å². The number of fused-ring (bicyclic) bond motifs is 1. The fourth-order valence-electron chi connectivity index (χ4n) is 6.10. The van der Waals surface area contributed by atoms with Crippen molar-refractivity contribution < 1.29 is 20.4 Å². The third-order valence-corrected chi connectivity index (χ3v) is 30.8. The van der Waals surface area contributed by atoms with Crippen LogP contribution in [0.3, 0.4) is 0 Å². The molecule has 2 aromatic rings. The summed E-state index contributed by atoms with van der Waals surface area (Å²) in [5, 5.41) is 0. The first-order valence-electron chi connectivity index (χ1n) is 13.4. The van der Waals surface area contributed by atoms with E-state index in [-0.39, 0.29) is 5.43 Å². The van der Waals surface area contributed by atoms with Gasteiger partial charge in [0, 0.05) is 0 Å². The zero-order chi connectivity index (χ0) is 24.2. The van der Waals surface area contributed by atoms with Crippen molar-refractivity contribution in [1.29, 1.82) is 0 Å². The van der Waals surface area contributed by atoms with Crippen molar-refractivity contribution in [3.8, 4) is 0 Å². The Hall–Kier alpha value is -1.24. The van der Waals surface area contributed by atoms with Crippen molar-refractivity contribution >= 4 is 11.0 Å². The summed E-state index contributed by atoms with van der Waals surface area (Å²) < 4.78 is 1.51. The van der Waals surface area contributed by atoms with Gasteiger partial charge in [-0.15, -0.1) is 0 Å². The summed E-state index contributed by atoms with van der Waals surface area (Å²) >= 11 is -2.00. The molecular weight excluding hydrogens is 504 g/mol. The molecule has 0 bridgehead atoms. The maximum atomic E-state index is 2.76. The Kier molecular flexibility index (Phi) is 8.86. The van der Waals surface area contributed by atoms with E-state index in [1.807, 2.05) is 0 Å². The number of allylic oxidation sites excluding steroid dienone is 5. The Morgan fingerprint density at radius 3 is 1.88 bits per heavy atom. The average molecular weight is 546 g/mol. The molecule has 1 atom stereocenters. The molecule has 0 aromatic heterocycles. The SMILES string of the molecule is CCCC[Si](CCCC)=[Zr]([CH]1C(C)=C(C)C(C)=C1C)[CH]1C=C(c2ccccc2)c2ccccc21. The van der Waals surface area contributed by atoms with Crippen molar-refractivity contribution in [2.24, 2.45) is 0 Å². The Balaban J connectivity index is 1.95. The number of hydrogen-bond donors (Lipinski definition) is 0. The van der Waals surface area contributed by atoms with E-state index in [0.29, 0.717) is 3.63 Å². The van der Waals surface area contributed by atoms with Gasteiger partial charge in [0.05, 0.1) is 0 Å². The topological polar surface area (TPSA) is 0 Å². The van der Waals surface area contributed by atoms with Crippen molar-refractivity contribution in [2.75, 3.05) is 0 Å². The second kappa shape index (κ2) is 11.7. The average Bonchev–Trinajstić information content (AvgIpc) is 3.33. The summed E-state index contributed by atoms with van der Waals surface area (Å²) in [5.41, 5.74) is 12.4. The Morgan fingerprint density at radius 1 is 0.735 bits per heavy atom. The van der Waals surface area contributed by atoms with E-state index in [2.05, 4.69) is 102 Å². The van der Waals surface area contributed by atoms with Crippen LogP contribution in [0.1, 0.15) is 87.5 Å². The van der Waals surface area contributed by atoms with Crippen LogP contribution in [0.5, 0.6) is 0 Å². The monoisotopic (exact) mass is 544 g/mol. The van der Waals surface area contributed by atoms with Gasteiger partial charge in [0.25, 0.3) is 0 Å². The first-order chi connectivity index (χ1) is 16.5. The molecule has 0 amide bonds. The molecule has 0 N–H and O–H groups in total. The molecule has 2 aliphatic rings. The van der Waals surface area contributed by atoms with Gasteiger partial charge in [-0.05, 0) is 0 Å². The zero-order valence-corrected chi connectivity index (χ0v) is 25.6. The molecule has 0 saturated heterocycles. The van der Waals surface area contributed by atoms with Crippen molar-refractivity contribution in [3.05, 3.63) is 99.7 Å². The van der Waals surface area contributed by atoms with Crippen LogP contribution < -0.4 is 0 Å². The van der Waals surface area contributed by atoms with Gasteiger partial charge in [0.2, 0.25) is 0 Å². The number of benzene rings is 2. The molecular formula is C32H42SiZr. The molecule has 0 radical (unpaired) electrons. The van der Waals surface area contributed by atoms with Crippen LogP contribution in [0.15, 0.2) is 83.0 Å². The Bertz CT molecular complexity index is 1130. The van der Waals surface area contributed by atoms with Crippen molar-refractivity contribution in [1.82, 2.24) is 0 Å². The molecule has 1 unspecified atom stereocenters. The fourth-order valence-corrected chi connectivity index (χ4v) is 33.0. The summed E-state index contributed by atoms with van der Waals surface area (Å²) in [5.74, 6) is 0. The van der Waals surface area contributed by atoms with Crippen molar-refractivity contribution in [2.45, 2.75) is 86.6 Å². The molecule has 0 nitrogen and oxygen atoms in total. The fraction of sp³-hybridized carbons (Fsp3) is 0.438. The van der Waals surface area contributed by atoms with Gasteiger partial charge >= 0.3 is 218 Å². The van der Waals surface area contributed by atoms with Crippen LogP contribution in [-0.2, 0) is 20.4 Å². The number of rotatable bonds is 9. The van der Waals surface area contributed by atoms with E-state index in [1.165, 1.54) is 54.5 Å². The van der Waals surface area contributed by atoms with E-state index in [0.717, 1.165) is 3.63 Å². The number of hydrogen-bond acceptors (Lipinski definition) is 0. The van der Waals surface area contributed by atoms with Crippen LogP contribution in [0.2, 0.25) is 15.7 Å². The van der Waals surface area contributed by atoms with Crippen molar-refractivity contribution in [3.63, 3.8) is 0 Å². The van der Waals surface area contributed by atoms with Gasteiger partial charge in [-0.25, -0.2) is 0 Å². The summed E-state index contributed by atoms with van der Waals surface area (Å²) in [6.45, 7) is 14.5. The van der Waals surface area contributed by atoms with Crippen LogP contribution in [0.4, 0.5) is 0 Å². The molecule has 0 heterocycles. The zero-order valence-electron chi connectivity index (χ0n) is 22.2. The predicted octanol–water partition coefficient (Wildman–Crippen LogP) is 9.86.